The third kappa shape index (κ3) is 10.0. The van der Waals surface area contributed by atoms with Crippen molar-refractivity contribution in [2.45, 2.75) is 65.2 Å². The highest BCUT2D eigenvalue weighted by Gasteiger charge is 1.96. The lowest BCUT2D eigenvalue weighted by Crippen LogP contribution is -2.20. The van der Waals surface area contributed by atoms with Crippen LogP contribution in [0.25, 0.3) is 0 Å². The van der Waals surface area contributed by atoms with Crippen LogP contribution in [-0.2, 0) is 0 Å². The van der Waals surface area contributed by atoms with Crippen LogP contribution in [-0.4, -0.2) is 25.0 Å². The minimum atomic E-state index is 1.28. The summed E-state index contributed by atoms with van der Waals surface area (Å²) in [6.45, 7) is 7.12. The zero-order valence-corrected chi connectivity index (χ0v) is 10.5. The molecule has 0 heterocycles. The Labute approximate surface area is 90.9 Å². The molecule has 0 aromatic carbocycles. The molecule has 14 heavy (non-hydrogen) atoms. The van der Waals surface area contributed by atoms with Crippen molar-refractivity contribution in [3.8, 4) is 0 Å². The van der Waals surface area contributed by atoms with E-state index < -0.39 is 0 Å². The summed E-state index contributed by atoms with van der Waals surface area (Å²) in [6, 6.07) is 0. The van der Waals surface area contributed by atoms with E-state index in [0.29, 0.717) is 0 Å². The Morgan fingerprint density at radius 1 is 0.643 bits per heavy atom. The van der Waals surface area contributed by atoms with E-state index in [1.807, 2.05) is 0 Å². The molecule has 0 aliphatic carbocycles. The van der Waals surface area contributed by atoms with Crippen LogP contribution >= 0.6 is 0 Å². The topological polar surface area (TPSA) is 3.24 Å². The lowest BCUT2D eigenvalue weighted by Gasteiger charge is -2.15. The third-order valence-corrected chi connectivity index (χ3v) is 2.79. The zero-order valence-electron chi connectivity index (χ0n) is 10.5. The molecule has 0 saturated heterocycles. The smallest absolute Gasteiger partial charge is 0.00218 e. The van der Waals surface area contributed by atoms with E-state index in [2.05, 4.69) is 25.8 Å². The van der Waals surface area contributed by atoms with Gasteiger partial charge in [0.25, 0.3) is 0 Å². The molecule has 0 atom stereocenters. The molecule has 0 aliphatic heterocycles. The minimum Gasteiger partial charge on any atom is -0.306 e. The summed E-state index contributed by atoms with van der Waals surface area (Å²) in [6.07, 6.45) is 11.2. The van der Waals surface area contributed by atoms with Crippen LogP contribution in [0.5, 0.6) is 0 Å². The molecular weight excluding hydrogens is 170 g/mol. The quantitative estimate of drug-likeness (QED) is 0.479. The summed E-state index contributed by atoms with van der Waals surface area (Å²) in [5.41, 5.74) is 0. The van der Waals surface area contributed by atoms with E-state index in [1.165, 1.54) is 64.5 Å². The zero-order chi connectivity index (χ0) is 10.6. The SMILES string of the molecule is CCCCCCCCN(C)CCCC. The fraction of sp³-hybridized carbons (Fsp3) is 1.00. The minimum absolute atomic E-state index is 1.28. The maximum atomic E-state index is 2.48. The van der Waals surface area contributed by atoms with Crippen LogP contribution < -0.4 is 0 Å². The van der Waals surface area contributed by atoms with Gasteiger partial charge in [-0.05, 0) is 33.0 Å². The van der Waals surface area contributed by atoms with Gasteiger partial charge in [-0.2, -0.15) is 0 Å². The average Bonchev–Trinajstić information content (AvgIpc) is 2.20. The van der Waals surface area contributed by atoms with Gasteiger partial charge in [-0.15, -0.1) is 0 Å². The van der Waals surface area contributed by atoms with E-state index in [4.69, 9.17) is 0 Å². The Kier molecular flexibility index (Phi) is 11.0. The fourth-order valence-electron chi connectivity index (χ4n) is 1.70. The van der Waals surface area contributed by atoms with E-state index in [1.54, 1.807) is 0 Å². The fourth-order valence-corrected chi connectivity index (χ4v) is 1.70. The van der Waals surface area contributed by atoms with Crippen LogP contribution in [0.15, 0.2) is 0 Å². The van der Waals surface area contributed by atoms with Gasteiger partial charge in [0.2, 0.25) is 0 Å². The first kappa shape index (κ1) is 14.0. The Morgan fingerprint density at radius 2 is 1.14 bits per heavy atom. The third-order valence-electron chi connectivity index (χ3n) is 2.79. The van der Waals surface area contributed by atoms with E-state index >= 15 is 0 Å². The van der Waals surface area contributed by atoms with Crippen molar-refractivity contribution in [3.63, 3.8) is 0 Å². The summed E-state index contributed by atoms with van der Waals surface area (Å²) in [4.78, 5) is 2.48. The van der Waals surface area contributed by atoms with E-state index in [-0.39, 0.29) is 0 Å². The molecule has 0 aliphatic rings. The molecule has 0 amide bonds. The van der Waals surface area contributed by atoms with Gasteiger partial charge in [0.1, 0.15) is 0 Å². The summed E-state index contributed by atoms with van der Waals surface area (Å²) in [7, 11) is 2.25. The molecule has 0 bridgehead atoms. The molecule has 0 spiro atoms. The second-order valence-corrected chi connectivity index (χ2v) is 4.42. The Hall–Kier alpha value is -0.0400. The van der Waals surface area contributed by atoms with Crippen molar-refractivity contribution in [3.05, 3.63) is 0 Å². The maximum Gasteiger partial charge on any atom is -0.00218 e. The first-order valence-electron chi connectivity index (χ1n) is 6.49. The van der Waals surface area contributed by atoms with Gasteiger partial charge in [0.05, 0.1) is 0 Å². The summed E-state index contributed by atoms with van der Waals surface area (Å²) in [5, 5.41) is 0. The number of unbranched alkanes of at least 4 members (excludes halogenated alkanes) is 6. The monoisotopic (exact) mass is 199 g/mol. The van der Waals surface area contributed by atoms with Gasteiger partial charge in [-0.25, -0.2) is 0 Å². The number of hydrogen-bond acceptors (Lipinski definition) is 1. The van der Waals surface area contributed by atoms with Crippen molar-refractivity contribution in [1.82, 2.24) is 4.90 Å². The number of hydrogen-bond donors (Lipinski definition) is 0. The molecule has 1 nitrogen and oxygen atoms in total. The lowest BCUT2D eigenvalue weighted by atomic mass is 10.1. The Morgan fingerprint density at radius 3 is 1.79 bits per heavy atom. The van der Waals surface area contributed by atoms with Gasteiger partial charge < -0.3 is 4.90 Å². The molecule has 0 fully saturated rings. The van der Waals surface area contributed by atoms with Gasteiger partial charge in [0.15, 0.2) is 0 Å². The largest absolute Gasteiger partial charge is 0.306 e. The normalized spacial score (nSPS) is 11.1. The van der Waals surface area contributed by atoms with E-state index in [0.717, 1.165) is 0 Å². The first-order chi connectivity index (χ1) is 6.81. The van der Waals surface area contributed by atoms with Crippen molar-refractivity contribution in [2.24, 2.45) is 0 Å². The highest BCUT2D eigenvalue weighted by molar-refractivity contribution is 4.52. The molecule has 0 N–H and O–H groups in total. The standard InChI is InChI=1S/C13H29N/c1-4-6-8-9-10-11-13-14(3)12-7-5-2/h4-13H2,1-3H3. The van der Waals surface area contributed by atoms with E-state index in [9.17, 15) is 0 Å². The predicted molar refractivity (Wildman–Crippen MR) is 65.8 cm³/mol. The molecule has 0 aromatic heterocycles. The first-order valence-corrected chi connectivity index (χ1v) is 6.49. The van der Waals surface area contributed by atoms with Gasteiger partial charge >= 0.3 is 0 Å². The highest BCUT2D eigenvalue weighted by Crippen LogP contribution is 2.05. The maximum absolute atomic E-state index is 2.48. The van der Waals surface area contributed by atoms with Crippen molar-refractivity contribution < 1.29 is 0 Å². The molecule has 0 radical (unpaired) electrons. The van der Waals surface area contributed by atoms with Crippen LogP contribution in [0.2, 0.25) is 0 Å². The molecule has 0 unspecified atom stereocenters. The molecule has 0 saturated carbocycles. The predicted octanol–water partition coefficient (Wildman–Crippen LogP) is 4.08. The summed E-state index contributed by atoms with van der Waals surface area (Å²) in [5.74, 6) is 0. The van der Waals surface area contributed by atoms with Gasteiger partial charge in [-0.1, -0.05) is 52.4 Å². The van der Waals surface area contributed by atoms with Crippen molar-refractivity contribution >= 4 is 0 Å². The molecule has 86 valence electrons. The van der Waals surface area contributed by atoms with Crippen LogP contribution in [0.4, 0.5) is 0 Å². The Balaban J connectivity index is 3.02. The molecule has 0 aromatic rings. The van der Waals surface area contributed by atoms with Crippen molar-refractivity contribution in [2.75, 3.05) is 20.1 Å². The summed E-state index contributed by atoms with van der Waals surface area (Å²) < 4.78 is 0. The summed E-state index contributed by atoms with van der Waals surface area (Å²) >= 11 is 0. The number of rotatable bonds is 10. The van der Waals surface area contributed by atoms with Crippen LogP contribution in [0, 0.1) is 0 Å². The second-order valence-electron chi connectivity index (χ2n) is 4.42. The van der Waals surface area contributed by atoms with Crippen LogP contribution in [0.3, 0.4) is 0 Å². The Bertz CT molecular complexity index is 101. The average molecular weight is 199 g/mol. The van der Waals surface area contributed by atoms with Gasteiger partial charge in [-0.3, -0.25) is 0 Å². The molecular formula is C13H29N. The van der Waals surface area contributed by atoms with Crippen molar-refractivity contribution in [1.29, 1.82) is 0 Å². The van der Waals surface area contributed by atoms with Gasteiger partial charge in [0, 0.05) is 0 Å². The lowest BCUT2D eigenvalue weighted by molar-refractivity contribution is 0.318. The molecule has 1 heteroatoms. The molecule has 0 rings (SSSR count). The highest BCUT2D eigenvalue weighted by atomic mass is 15.1. The second kappa shape index (κ2) is 11.0. The number of nitrogens with zero attached hydrogens (tertiary/aromatic N) is 1. The van der Waals surface area contributed by atoms with Crippen LogP contribution in [0.1, 0.15) is 65.2 Å².